The maximum absolute atomic E-state index is 6.00. The number of hydrogen-bond donors (Lipinski definition) is 0. The average Bonchev–Trinajstić information content (AvgIpc) is 2.47. The van der Waals surface area contributed by atoms with E-state index >= 15 is 0 Å². The number of rotatable bonds is 6. The SMILES string of the molecule is CCCc1cc(CCl)cc(N(C)Cc2cccc(Br)c2)n1. The standard InChI is InChI=1S/C17H20BrClN2/c1-3-5-16-9-14(11-19)10-17(20-16)21(2)12-13-6-4-7-15(18)8-13/h4,6-10H,3,5,11-12H2,1-2H3. The van der Waals surface area contributed by atoms with E-state index in [1.165, 1.54) is 5.56 Å². The van der Waals surface area contributed by atoms with E-state index in [-0.39, 0.29) is 0 Å². The summed E-state index contributed by atoms with van der Waals surface area (Å²) in [7, 11) is 2.07. The van der Waals surface area contributed by atoms with Gasteiger partial charge in [0.1, 0.15) is 5.82 Å². The van der Waals surface area contributed by atoms with Gasteiger partial charge in [-0.3, -0.25) is 0 Å². The van der Waals surface area contributed by atoms with Gasteiger partial charge in [-0.2, -0.15) is 0 Å². The van der Waals surface area contributed by atoms with Crippen LogP contribution in [0.25, 0.3) is 0 Å². The Hall–Kier alpha value is -1.06. The fourth-order valence-corrected chi connectivity index (χ4v) is 2.88. The third kappa shape index (κ3) is 4.72. The second kappa shape index (κ2) is 7.81. The third-order valence-electron chi connectivity index (χ3n) is 3.28. The third-order valence-corrected chi connectivity index (χ3v) is 4.09. The molecule has 21 heavy (non-hydrogen) atoms. The van der Waals surface area contributed by atoms with Crippen LogP contribution in [0.2, 0.25) is 0 Å². The Bertz CT molecular complexity index is 601. The molecule has 112 valence electrons. The van der Waals surface area contributed by atoms with E-state index in [1.54, 1.807) is 0 Å². The first-order chi connectivity index (χ1) is 10.1. The van der Waals surface area contributed by atoms with Crippen LogP contribution in [0.1, 0.15) is 30.2 Å². The number of anilines is 1. The molecule has 0 aliphatic rings. The molecule has 0 N–H and O–H groups in total. The van der Waals surface area contributed by atoms with E-state index in [9.17, 15) is 0 Å². The average molecular weight is 368 g/mol. The number of pyridine rings is 1. The van der Waals surface area contributed by atoms with Crippen LogP contribution in [0, 0.1) is 0 Å². The van der Waals surface area contributed by atoms with Crippen molar-refractivity contribution in [1.29, 1.82) is 0 Å². The molecule has 0 atom stereocenters. The van der Waals surface area contributed by atoms with E-state index in [4.69, 9.17) is 16.6 Å². The van der Waals surface area contributed by atoms with E-state index in [0.717, 1.165) is 40.9 Å². The summed E-state index contributed by atoms with van der Waals surface area (Å²) in [6, 6.07) is 12.5. The quantitative estimate of drug-likeness (QED) is 0.655. The highest BCUT2D eigenvalue weighted by Gasteiger charge is 2.08. The molecule has 0 radical (unpaired) electrons. The first kappa shape index (κ1) is 16.3. The van der Waals surface area contributed by atoms with Gasteiger partial charge in [0, 0.05) is 29.6 Å². The second-order valence-electron chi connectivity index (χ2n) is 5.19. The largest absolute Gasteiger partial charge is 0.355 e. The maximum Gasteiger partial charge on any atom is 0.129 e. The Morgan fingerprint density at radius 2 is 2.00 bits per heavy atom. The van der Waals surface area contributed by atoms with Gasteiger partial charge < -0.3 is 4.90 Å². The van der Waals surface area contributed by atoms with Gasteiger partial charge in [0.05, 0.1) is 0 Å². The summed E-state index contributed by atoms with van der Waals surface area (Å²) in [5, 5.41) is 0. The molecule has 0 saturated heterocycles. The molecule has 0 fully saturated rings. The molecule has 0 aliphatic heterocycles. The Labute approximate surface area is 140 Å². The number of aryl methyl sites for hydroxylation is 1. The molecule has 0 spiro atoms. The van der Waals surface area contributed by atoms with E-state index in [0.29, 0.717) is 5.88 Å². The highest BCUT2D eigenvalue weighted by Crippen LogP contribution is 2.20. The number of aromatic nitrogens is 1. The summed E-state index contributed by atoms with van der Waals surface area (Å²) < 4.78 is 1.10. The Kier molecular flexibility index (Phi) is 6.07. The molecule has 2 aromatic rings. The fourth-order valence-electron chi connectivity index (χ4n) is 2.28. The summed E-state index contributed by atoms with van der Waals surface area (Å²) >= 11 is 9.52. The minimum Gasteiger partial charge on any atom is -0.355 e. The van der Waals surface area contributed by atoms with Crippen LogP contribution in [0.3, 0.4) is 0 Å². The van der Waals surface area contributed by atoms with Crippen LogP contribution in [0.15, 0.2) is 40.9 Å². The Morgan fingerprint density at radius 3 is 2.67 bits per heavy atom. The summed E-state index contributed by atoms with van der Waals surface area (Å²) in [5.74, 6) is 1.51. The van der Waals surface area contributed by atoms with Crippen molar-refractivity contribution in [3.63, 3.8) is 0 Å². The van der Waals surface area contributed by atoms with Gasteiger partial charge in [0.2, 0.25) is 0 Å². The lowest BCUT2D eigenvalue weighted by atomic mass is 10.1. The van der Waals surface area contributed by atoms with Crippen LogP contribution in [-0.2, 0) is 18.8 Å². The zero-order valence-corrected chi connectivity index (χ0v) is 14.8. The molecule has 0 bridgehead atoms. The first-order valence-electron chi connectivity index (χ1n) is 7.13. The van der Waals surface area contributed by atoms with Crippen molar-refractivity contribution in [2.45, 2.75) is 32.2 Å². The lowest BCUT2D eigenvalue weighted by molar-refractivity contribution is 0.846. The number of halogens is 2. The second-order valence-corrected chi connectivity index (χ2v) is 6.38. The predicted octanol–water partition coefficient (Wildman–Crippen LogP) is 5.17. The van der Waals surface area contributed by atoms with Gasteiger partial charge >= 0.3 is 0 Å². The van der Waals surface area contributed by atoms with Gasteiger partial charge in [-0.25, -0.2) is 4.98 Å². The molecular formula is C17H20BrClN2. The van der Waals surface area contributed by atoms with Gasteiger partial charge in [-0.05, 0) is 41.8 Å². The van der Waals surface area contributed by atoms with Gasteiger partial charge in [0.25, 0.3) is 0 Å². The van der Waals surface area contributed by atoms with Crippen molar-refractivity contribution in [3.8, 4) is 0 Å². The molecular weight excluding hydrogens is 348 g/mol. The summed E-state index contributed by atoms with van der Waals surface area (Å²) in [6.45, 7) is 2.99. The zero-order chi connectivity index (χ0) is 15.2. The fraction of sp³-hybridized carbons (Fsp3) is 0.353. The van der Waals surface area contributed by atoms with E-state index in [1.807, 2.05) is 6.07 Å². The molecule has 0 unspecified atom stereocenters. The van der Waals surface area contributed by atoms with Gasteiger partial charge in [0.15, 0.2) is 0 Å². The highest BCUT2D eigenvalue weighted by atomic mass is 79.9. The summed E-state index contributed by atoms with van der Waals surface area (Å²) in [6.07, 6.45) is 2.08. The van der Waals surface area contributed by atoms with Crippen molar-refractivity contribution >= 4 is 33.3 Å². The molecule has 0 amide bonds. The lowest BCUT2D eigenvalue weighted by Crippen LogP contribution is -2.18. The number of benzene rings is 1. The Balaban J connectivity index is 2.21. The van der Waals surface area contributed by atoms with Crippen LogP contribution < -0.4 is 4.90 Å². The first-order valence-corrected chi connectivity index (χ1v) is 8.46. The summed E-state index contributed by atoms with van der Waals surface area (Å²) in [4.78, 5) is 6.91. The van der Waals surface area contributed by atoms with Crippen molar-refractivity contribution < 1.29 is 0 Å². The molecule has 2 nitrogen and oxygen atoms in total. The molecule has 0 saturated carbocycles. The van der Waals surface area contributed by atoms with Crippen LogP contribution >= 0.6 is 27.5 Å². The predicted molar refractivity (Wildman–Crippen MR) is 94.0 cm³/mol. The topological polar surface area (TPSA) is 16.1 Å². The monoisotopic (exact) mass is 366 g/mol. The van der Waals surface area contributed by atoms with Crippen LogP contribution in [0.4, 0.5) is 5.82 Å². The molecule has 1 heterocycles. The van der Waals surface area contributed by atoms with Gasteiger partial charge in [-0.1, -0.05) is 41.4 Å². The molecule has 2 rings (SSSR count). The highest BCUT2D eigenvalue weighted by molar-refractivity contribution is 9.10. The van der Waals surface area contributed by atoms with Crippen molar-refractivity contribution in [2.75, 3.05) is 11.9 Å². The maximum atomic E-state index is 6.00. The summed E-state index contributed by atoms with van der Waals surface area (Å²) in [5.41, 5.74) is 3.50. The van der Waals surface area contributed by atoms with Crippen molar-refractivity contribution in [3.05, 3.63) is 57.7 Å². The van der Waals surface area contributed by atoms with Crippen LogP contribution in [0.5, 0.6) is 0 Å². The van der Waals surface area contributed by atoms with E-state index < -0.39 is 0 Å². The zero-order valence-electron chi connectivity index (χ0n) is 12.4. The minimum absolute atomic E-state index is 0.525. The molecule has 4 heteroatoms. The normalized spacial score (nSPS) is 10.7. The molecule has 1 aromatic carbocycles. The Morgan fingerprint density at radius 1 is 1.19 bits per heavy atom. The smallest absolute Gasteiger partial charge is 0.129 e. The van der Waals surface area contributed by atoms with Gasteiger partial charge in [-0.15, -0.1) is 11.6 Å². The number of hydrogen-bond acceptors (Lipinski definition) is 2. The molecule has 0 aliphatic carbocycles. The van der Waals surface area contributed by atoms with Crippen molar-refractivity contribution in [1.82, 2.24) is 4.98 Å². The number of nitrogens with zero attached hydrogens (tertiary/aromatic N) is 2. The number of alkyl halides is 1. The van der Waals surface area contributed by atoms with Crippen molar-refractivity contribution in [2.24, 2.45) is 0 Å². The van der Waals surface area contributed by atoms with Crippen LogP contribution in [-0.4, -0.2) is 12.0 Å². The molecule has 1 aromatic heterocycles. The lowest BCUT2D eigenvalue weighted by Gasteiger charge is -2.20. The van der Waals surface area contributed by atoms with E-state index in [2.05, 4.69) is 65.1 Å². The minimum atomic E-state index is 0.525.